The summed E-state index contributed by atoms with van der Waals surface area (Å²) in [4.78, 5) is 23.0. The molecular formula is C22H23FN4O2. The Morgan fingerprint density at radius 2 is 1.93 bits per heavy atom. The van der Waals surface area contributed by atoms with Gasteiger partial charge in [-0.1, -0.05) is 18.2 Å². The van der Waals surface area contributed by atoms with Gasteiger partial charge in [-0.15, -0.1) is 0 Å². The zero-order valence-electron chi connectivity index (χ0n) is 16.1. The van der Waals surface area contributed by atoms with Crippen LogP contribution in [0.15, 0.2) is 53.2 Å². The average molecular weight is 394 g/mol. The Labute approximate surface area is 168 Å². The highest BCUT2D eigenvalue weighted by Crippen LogP contribution is 2.23. The van der Waals surface area contributed by atoms with Gasteiger partial charge in [-0.05, 0) is 36.6 Å². The van der Waals surface area contributed by atoms with Crippen LogP contribution < -0.4 is 10.2 Å². The highest BCUT2D eigenvalue weighted by Gasteiger charge is 2.14. The molecule has 1 saturated heterocycles. The van der Waals surface area contributed by atoms with Gasteiger partial charge >= 0.3 is 0 Å². The maximum Gasteiger partial charge on any atom is 0.220 e. The molecule has 1 amide bonds. The molecule has 150 valence electrons. The average Bonchev–Trinajstić information content (AvgIpc) is 3.44. The van der Waals surface area contributed by atoms with Crippen molar-refractivity contribution >= 4 is 11.7 Å². The number of carbonyl (C=O) groups is 1. The first-order chi connectivity index (χ1) is 14.2. The van der Waals surface area contributed by atoms with Crippen LogP contribution in [0.3, 0.4) is 0 Å². The largest absolute Gasteiger partial charge is 0.441 e. The number of anilines is 1. The minimum atomic E-state index is -0.364. The van der Waals surface area contributed by atoms with Crippen LogP contribution in [0.5, 0.6) is 0 Å². The Hall–Kier alpha value is -3.22. The molecule has 1 aliphatic heterocycles. The van der Waals surface area contributed by atoms with Crippen molar-refractivity contribution in [2.45, 2.75) is 32.2 Å². The third kappa shape index (κ3) is 4.80. The van der Waals surface area contributed by atoms with Crippen molar-refractivity contribution in [2.75, 3.05) is 18.0 Å². The van der Waals surface area contributed by atoms with Crippen molar-refractivity contribution in [3.05, 3.63) is 66.1 Å². The smallest absolute Gasteiger partial charge is 0.220 e. The molecule has 1 aromatic carbocycles. The molecule has 0 aliphatic carbocycles. The van der Waals surface area contributed by atoms with Crippen LogP contribution in [-0.2, 0) is 17.8 Å². The van der Waals surface area contributed by atoms with Crippen LogP contribution in [0.2, 0.25) is 0 Å². The molecule has 0 spiro atoms. The second-order valence-electron chi connectivity index (χ2n) is 7.09. The quantitative estimate of drug-likeness (QED) is 0.661. The van der Waals surface area contributed by atoms with Gasteiger partial charge in [0.25, 0.3) is 0 Å². The predicted octanol–water partition coefficient (Wildman–Crippen LogP) is 3.72. The normalized spacial score (nSPS) is 13.6. The molecule has 0 bridgehead atoms. The highest BCUT2D eigenvalue weighted by molar-refractivity contribution is 5.76. The van der Waals surface area contributed by atoms with Gasteiger partial charge in [-0.25, -0.2) is 14.4 Å². The summed E-state index contributed by atoms with van der Waals surface area (Å²) < 4.78 is 19.4. The Bertz CT molecular complexity index is 965. The van der Waals surface area contributed by atoms with E-state index in [-0.39, 0.29) is 18.1 Å². The monoisotopic (exact) mass is 394 g/mol. The van der Waals surface area contributed by atoms with Gasteiger partial charge in [0.05, 0.1) is 11.8 Å². The number of rotatable bonds is 7. The third-order valence-electron chi connectivity index (χ3n) is 4.99. The third-order valence-corrected chi connectivity index (χ3v) is 4.99. The minimum Gasteiger partial charge on any atom is -0.441 e. The van der Waals surface area contributed by atoms with Crippen LogP contribution in [0.25, 0.3) is 11.3 Å². The lowest BCUT2D eigenvalue weighted by molar-refractivity contribution is -0.121. The van der Waals surface area contributed by atoms with Crippen LogP contribution in [0.4, 0.5) is 10.2 Å². The first-order valence-electron chi connectivity index (χ1n) is 9.85. The maximum absolute atomic E-state index is 13.8. The lowest BCUT2D eigenvalue weighted by atomic mass is 10.2. The molecular weight excluding hydrogens is 371 g/mol. The van der Waals surface area contributed by atoms with Gasteiger partial charge in [0.15, 0.2) is 11.7 Å². The molecule has 1 fully saturated rings. The van der Waals surface area contributed by atoms with Crippen LogP contribution in [-0.4, -0.2) is 29.0 Å². The number of pyridine rings is 1. The van der Waals surface area contributed by atoms with E-state index in [0.29, 0.717) is 30.2 Å². The molecule has 3 heterocycles. The number of nitrogens with one attached hydrogen (secondary N) is 1. The van der Waals surface area contributed by atoms with E-state index in [9.17, 15) is 9.18 Å². The standard InChI is InChI=1S/C22H23FN4O2/c23-18-6-2-1-5-17(18)19-15-26-22(29-19)10-9-21(28)25-14-16-7-8-20(24-13-16)27-11-3-4-12-27/h1-2,5-8,13,15H,3-4,9-12,14H2,(H,25,28). The summed E-state index contributed by atoms with van der Waals surface area (Å²) in [5, 5.41) is 2.88. The van der Waals surface area contributed by atoms with Crippen LogP contribution >= 0.6 is 0 Å². The summed E-state index contributed by atoms with van der Waals surface area (Å²) in [6.07, 6.45) is 6.32. The molecule has 0 unspecified atom stereocenters. The SMILES string of the molecule is O=C(CCc1ncc(-c2ccccc2F)o1)NCc1ccc(N2CCCC2)nc1. The summed E-state index contributed by atoms with van der Waals surface area (Å²) in [6, 6.07) is 10.4. The summed E-state index contributed by atoms with van der Waals surface area (Å²) in [7, 11) is 0. The van der Waals surface area contributed by atoms with Crippen molar-refractivity contribution in [2.24, 2.45) is 0 Å². The number of amides is 1. The maximum atomic E-state index is 13.8. The first kappa shape index (κ1) is 19.1. The summed E-state index contributed by atoms with van der Waals surface area (Å²) in [5.74, 6) is 1.31. The first-order valence-corrected chi connectivity index (χ1v) is 9.85. The van der Waals surface area contributed by atoms with Crippen molar-refractivity contribution in [1.82, 2.24) is 15.3 Å². The van der Waals surface area contributed by atoms with E-state index in [1.165, 1.54) is 25.1 Å². The van der Waals surface area contributed by atoms with E-state index in [1.807, 2.05) is 18.3 Å². The van der Waals surface area contributed by atoms with Gasteiger partial charge in [-0.2, -0.15) is 0 Å². The lowest BCUT2D eigenvalue weighted by Gasteiger charge is -2.16. The number of benzene rings is 1. The van der Waals surface area contributed by atoms with E-state index >= 15 is 0 Å². The number of aryl methyl sites for hydroxylation is 1. The van der Waals surface area contributed by atoms with Crippen molar-refractivity contribution in [1.29, 1.82) is 0 Å². The fraction of sp³-hybridized carbons (Fsp3) is 0.318. The van der Waals surface area contributed by atoms with Gasteiger partial charge in [-0.3, -0.25) is 4.79 Å². The molecule has 1 N–H and O–H groups in total. The fourth-order valence-electron chi connectivity index (χ4n) is 3.38. The van der Waals surface area contributed by atoms with Crippen molar-refractivity contribution in [3.8, 4) is 11.3 Å². The van der Waals surface area contributed by atoms with Gasteiger partial charge in [0.1, 0.15) is 11.6 Å². The molecule has 7 heteroatoms. The van der Waals surface area contributed by atoms with E-state index in [0.717, 1.165) is 24.5 Å². The molecule has 2 aromatic heterocycles. The summed E-state index contributed by atoms with van der Waals surface area (Å²) in [6.45, 7) is 2.54. The highest BCUT2D eigenvalue weighted by atomic mass is 19.1. The van der Waals surface area contributed by atoms with E-state index in [4.69, 9.17) is 4.42 Å². The predicted molar refractivity (Wildman–Crippen MR) is 108 cm³/mol. The number of hydrogen-bond donors (Lipinski definition) is 1. The van der Waals surface area contributed by atoms with Crippen LogP contribution in [0.1, 0.15) is 30.7 Å². The molecule has 0 saturated carbocycles. The molecule has 1 aliphatic rings. The Morgan fingerprint density at radius 3 is 2.69 bits per heavy atom. The van der Waals surface area contributed by atoms with E-state index in [2.05, 4.69) is 20.2 Å². The molecule has 3 aromatic rings. The number of nitrogens with zero attached hydrogens (tertiary/aromatic N) is 3. The number of hydrogen-bond acceptors (Lipinski definition) is 5. The number of halogens is 1. The van der Waals surface area contributed by atoms with E-state index in [1.54, 1.807) is 18.2 Å². The number of oxazole rings is 1. The Kier molecular flexibility index (Phi) is 5.84. The van der Waals surface area contributed by atoms with Gasteiger partial charge in [0, 0.05) is 38.7 Å². The second kappa shape index (κ2) is 8.86. The van der Waals surface area contributed by atoms with Crippen molar-refractivity contribution < 1.29 is 13.6 Å². The zero-order chi connectivity index (χ0) is 20.1. The summed E-state index contributed by atoms with van der Waals surface area (Å²) >= 11 is 0. The molecule has 6 nitrogen and oxygen atoms in total. The molecule has 0 atom stereocenters. The second-order valence-corrected chi connectivity index (χ2v) is 7.09. The number of aromatic nitrogens is 2. The van der Waals surface area contributed by atoms with Gasteiger partial charge < -0.3 is 14.6 Å². The number of carbonyl (C=O) groups excluding carboxylic acids is 1. The fourth-order valence-corrected chi connectivity index (χ4v) is 3.38. The summed E-state index contributed by atoms with van der Waals surface area (Å²) in [5.41, 5.74) is 1.32. The van der Waals surface area contributed by atoms with Crippen molar-refractivity contribution in [3.63, 3.8) is 0 Å². The Balaban J connectivity index is 1.25. The molecule has 0 radical (unpaired) electrons. The van der Waals surface area contributed by atoms with E-state index < -0.39 is 0 Å². The molecule has 4 rings (SSSR count). The topological polar surface area (TPSA) is 71.3 Å². The zero-order valence-corrected chi connectivity index (χ0v) is 16.1. The van der Waals surface area contributed by atoms with Crippen LogP contribution in [0, 0.1) is 5.82 Å². The Morgan fingerprint density at radius 1 is 1.10 bits per heavy atom. The molecule has 29 heavy (non-hydrogen) atoms. The minimum absolute atomic E-state index is 0.0979. The lowest BCUT2D eigenvalue weighted by Crippen LogP contribution is -2.23. The van der Waals surface area contributed by atoms with Gasteiger partial charge in [0.2, 0.25) is 5.91 Å².